The highest BCUT2D eigenvalue weighted by atomic mass is 19.1. The fourth-order valence-electron chi connectivity index (χ4n) is 4.29. The molecule has 0 amide bonds. The molecule has 0 aliphatic heterocycles. The Balaban J connectivity index is 1.50. The lowest BCUT2D eigenvalue weighted by Crippen LogP contribution is -2.22. The monoisotopic (exact) mass is 378 g/mol. The first-order chi connectivity index (χ1) is 13.6. The van der Waals surface area contributed by atoms with Crippen LogP contribution in [-0.2, 0) is 19.3 Å². The standard InChI is InChI=1S/C22H20F2N4/c1-14-20(11-15-5-8-17(23)9-6-15)28(26-25-14)19-10-7-16-12-18-3-2-4-22(24)27(18)21(16)13-19/h2-6,8-9,12,19H,7,10-11,13H2,1H3. The molecular weight excluding hydrogens is 358 g/mol. The molecule has 1 aliphatic rings. The molecule has 142 valence electrons. The highest BCUT2D eigenvalue weighted by Crippen LogP contribution is 2.33. The lowest BCUT2D eigenvalue weighted by Gasteiger charge is -2.24. The van der Waals surface area contributed by atoms with Gasteiger partial charge in [-0.1, -0.05) is 23.4 Å². The third-order valence-corrected chi connectivity index (χ3v) is 5.73. The molecule has 1 aromatic carbocycles. The van der Waals surface area contributed by atoms with Crippen molar-refractivity contribution in [2.75, 3.05) is 0 Å². The molecule has 0 bridgehead atoms. The molecular formula is C22H20F2N4. The Hall–Kier alpha value is -3.02. The molecule has 4 aromatic rings. The van der Waals surface area contributed by atoms with Gasteiger partial charge < -0.3 is 0 Å². The molecule has 0 N–H and O–H groups in total. The third-order valence-electron chi connectivity index (χ3n) is 5.73. The molecule has 1 aliphatic carbocycles. The Morgan fingerprint density at radius 3 is 2.75 bits per heavy atom. The summed E-state index contributed by atoms with van der Waals surface area (Å²) >= 11 is 0. The fraction of sp³-hybridized carbons (Fsp3) is 0.273. The van der Waals surface area contributed by atoms with Crippen molar-refractivity contribution in [3.8, 4) is 0 Å². The number of fused-ring (bicyclic) bond motifs is 3. The van der Waals surface area contributed by atoms with Gasteiger partial charge in [-0.2, -0.15) is 4.39 Å². The van der Waals surface area contributed by atoms with E-state index in [-0.39, 0.29) is 17.8 Å². The zero-order valence-corrected chi connectivity index (χ0v) is 15.6. The summed E-state index contributed by atoms with van der Waals surface area (Å²) in [6.45, 7) is 1.95. The summed E-state index contributed by atoms with van der Waals surface area (Å²) in [5.74, 6) is -0.477. The number of hydrogen-bond acceptors (Lipinski definition) is 2. The van der Waals surface area contributed by atoms with Gasteiger partial charge in [-0.3, -0.25) is 4.40 Å². The van der Waals surface area contributed by atoms with Crippen LogP contribution in [0.5, 0.6) is 0 Å². The van der Waals surface area contributed by atoms with Crippen molar-refractivity contribution in [3.05, 3.63) is 88.5 Å². The fourth-order valence-corrected chi connectivity index (χ4v) is 4.29. The first kappa shape index (κ1) is 17.1. The average Bonchev–Trinajstić information content (AvgIpc) is 3.24. The molecule has 0 saturated carbocycles. The van der Waals surface area contributed by atoms with Gasteiger partial charge in [0.1, 0.15) is 5.82 Å². The molecule has 1 atom stereocenters. The second kappa shape index (κ2) is 6.55. The van der Waals surface area contributed by atoms with E-state index >= 15 is 0 Å². The third kappa shape index (κ3) is 2.80. The van der Waals surface area contributed by atoms with Crippen LogP contribution in [0.4, 0.5) is 8.78 Å². The molecule has 3 heterocycles. The largest absolute Gasteiger partial charge is 0.290 e. The van der Waals surface area contributed by atoms with Crippen molar-refractivity contribution in [2.24, 2.45) is 0 Å². The van der Waals surface area contributed by atoms with Crippen molar-refractivity contribution >= 4 is 5.52 Å². The summed E-state index contributed by atoms with van der Waals surface area (Å²) in [5, 5.41) is 8.69. The molecule has 4 nitrogen and oxygen atoms in total. The maximum absolute atomic E-state index is 14.4. The maximum atomic E-state index is 14.4. The summed E-state index contributed by atoms with van der Waals surface area (Å²) in [6, 6.07) is 13.9. The zero-order chi connectivity index (χ0) is 19.3. The minimum absolute atomic E-state index is 0.127. The molecule has 0 saturated heterocycles. The molecule has 0 fully saturated rings. The van der Waals surface area contributed by atoms with Crippen LogP contribution in [0.1, 0.15) is 40.7 Å². The van der Waals surface area contributed by atoms with E-state index in [1.165, 1.54) is 23.8 Å². The molecule has 0 spiro atoms. The Labute approximate surface area is 161 Å². The van der Waals surface area contributed by atoms with Gasteiger partial charge in [-0.05, 0) is 61.2 Å². The highest BCUT2D eigenvalue weighted by molar-refractivity contribution is 5.54. The predicted octanol–water partition coefficient (Wildman–Crippen LogP) is 4.44. The van der Waals surface area contributed by atoms with E-state index in [1.54, 1.807) is 22.6 Å². The lowest BCUT2D eigenvalue weighted by atomic mass is 9.93. The summed E-state index contributed by atoms with van der Waals surface area (Å²) in [7, 11) is 0. The van der Waals surface area contributed by atoms with Gasteiger partial charge in [-0.15, -0.1) is 5.10 Å². The molecule has 0 radical (unpaired) electrons. The van der Waals surface area contributed by atoms with E-state index in [4.69, 9.17) is 0 Å². The van der Waals surface area contributed by atoms with Crippen LogP contribution < -0.4 is 0 Å². The molecule has 28 heavy (non-hydrogen) atoms. The van der Waals surface area contributed by atoms with Crippen molar-refractivity contribution in [2.45, 2.75) is 38.6 Å². The quantitative estimate of drug-likeness (QED) is 0.494. The minimum Gasteiger partial charge on any atom is -0.290 e. The van der Waals surface area contributed by atoms with Gasteiger partial charge in [0.05, 0.1) is 17.4 Å². The number of pyridine rings is 1. The number of hydrogen-bond donors (Lipinski definition) is 0. The number of benzene rings is 1. The SMILES string of the molecule is Cc1nnn(C2CCc3cc4cccc(F)n4c3C2)c1Cc1ccc(F)cc1. The van der Waals surface area contributed by atoms with Gasteiger partial charge in [0.2, 0.25) is 0 Å². The van der Waals surface area contributed by atoms with Gasteiger partial charge in [0.15, 0.2) is 5.95 Å². The van der Waals surface area contributed by atoms with Gasteiger partial charge >= 0.3 is 0 Å². The van der Waals surface area contributed by atoms with Gasteiger partial charge in [-0.25, -0.2) is 9.07 Å². The van der Waals surface area contributed by atoms with E-state index in [9.17, 15) is 8.78 Å². The van der Waals surface area contributed by atoms with Crippen LogP contribution in [0, 0.1) is 18.7 Å². The van der Waals surface area contributed by atoms with Crippen molar-refractivity contribution in [1.82, 2.24) is 19.4 Å². The second-order valence-corrected chi connectivity index (χ2v) is 7.49. The smallest absolute Gasteiger partial charge is 0.198 e. The number of halogens is 2. The van der Waals surface area contributed by atoms with Crippen LogP contribution in [0.2, 0.25) is 0 Å². The van der Waals surface area contributed by atoms with E-state index < -0.39 is 0 Å². The normalized spacial score (nSPS) is 16.5. The number of aromatic nitrogens is 4. The first-order valence-electron chi connectivity index (χ1n) is 9.53. The van der Waals surface area contributed by atoms with Gasteiger partial charge in [0.25, 0.3) is 0 Å². The van der Waals surface area contributed by atoms with E-state index in [1.807, 2.05) is 17.7 Å². The summed E-state index contributed by atoms with van der Waals surface area (Å²) in [4.78, 5) is 0. The maximum Gasteiger partial charge on any atom is 0.198 e. The topological polar surface area (TPSA) is 35.1 Å². The molecule has 5 rings (SSSR count). The average molecular weight is 378 g/mol. The van der Waals surface area contributed by atoms with E-state index in [0.717, 1.165) is 41.0 Å². The van der Waals surface area contributed by atoms with Gasteiger partial charge in [0, 0.05) is 24.1 Å². The lowest BCUT2D eigenvalue weighted by molar-refractivity contribution is 0.379. The predicted molar refractivity (Wildman–Crippen MR) is 102 cm³/mol. The van der Waals surface area contributed by atoms with E-state index in [0.29, 0.717) is 12.8 Å². The van der Waals surface area contributed by atoms with Crippen molar-refractivity contribution in [1.29, 1.82) is 0 Å². The second-order valence-electron chi connectivity index (χ2n) is 7.49. The van der Waals surface area contributed by atoms with E-state index in [2.05, 4.69) is 16.4 Å². The summed E-state index contributed by atoms with van der Waals surface area (Å²) < 4.78 is 31.4. The molecule has 1 unspecified atom stereocenters. The summed E-state index contributed by atoms with van der Waals surface area (Å²) in [5.41, 5.74) is 6.04. The summed E-state index contributed by atoms with van der Waals surface area (Å²) in [6.07, 6.45) is 3.18. The molecule has 3 aromatic heterocycles. The minimum atomic E-state index is -0.242. The Kier molecular flexibility index (Phi) is 4.00. The number of rotatable bonds is 3. The van der Waals surface area contributed by atoms with Crippen LogP contribution in [0.25, 0.3) is 5.52 Å². The Morgan fingerprint density at radius 2 is 1.93 bits per heavy atom. The molecule has 6 heteroatoms. The number of aryl methyl sites for hydroxylation is 2. The van der Waals surface area contributed by atoms with Crippen LogP contribution in [0.15, 0.2) is 48.5 Å². The number of nitrogens with zero attached hydrogens (tertiary/aromatic N) is 4. The zero-order valence-electron chi connectivity index (χ0n) is 15.6. The Morgan fingerprint density at radius 1 is 1.11 bits per heavy atom. The van der Waals surface area contributed by atoms with Crippen LogP contribution in [0.3, 0.4) is 0 Å². The van der Waals surface area contributed by atoms with Crippen molar-refractivity contribution in [3.63, 3.8) is 0 Å². The van der Waals surface area contributed by atoms with Crippen LogP contribution in [-0.4, -0.2) is 19.4 Å². The highest BCUT2D eigenvalue weighted by Gasteiger charge is 2.27. The first-order valence-corrected chi connectivity index (χ1v) is 9.53. The van der Waals surface area contributed by atoms with Crippen LogP contribution >= 0.6 is 0 Å². The van der Waals surface area contributed by atoms with Crippen molar-refractivity contribution < 1.29 is 8.78 Å². The Bertz CT molecular complexity index is 1160.